The van der Waals surface area contributed by atoms with Crippen molar-refractivity contribution >= 4 is 17.4 Å². The Morgan fingerprint density at radius 2 is 2.00 bits per heavy atom. The summed E-state index contributed by atoms with van der Waals surface area (Å²) in [5.74, 6) is 0.150. The fraction of sp³-hybridized carbons (Fsp3) is 0.0909. The Hall–Kier alpha value is -2.30. The second-order valence-corrected chi connectivity index (χ2v) is 3.35. The van der Waals surface area contributed by atoms with Crippen LogP contribution in [0.15, 0.2) is 41.2 Å². The van der Waals surface area contributed by atoms with E-state index >= 15 is 0 Å². The zero-order chi connectivity index (χ0) is 11.5. The summed E-state index contributed by atoms with van der Waals surface area (Å²) in [4.78, 5) is 22.4. The third kappa shape index (κ3) is 2.03. The van der Waals surface area contributed by atoms with Crippen molar-refractivity contribution < 1.29 is 4.79 Å². The van der Waals surface area contributed by atoms with Gasteiger partial charge in [-0.3, -0.25) is 14.7 Å². The van der Waals surface area contributed by atoms with Crippen molar-refractivity contribution in [2.45, 2.75) is 6.92 Å². The molecule has 1 aromatic carbocycles. The summed E-state index contributed by atoms with van der Waals surface area (Å²) < 4.78 is 0.950. The molecule has 0 aliphatic heterocycles. The molecule has 5 heteroatoms. The number of benzene rings is 1. The van der Waals surface area contributed by atoms with Gasteiger partial charge in [0.1, 0.15) is 5.82 Å². The number of aromatic nitrogens is 2. The number of carbonyl (C=O) groups is 1. The number of carbonyl (C=O) groups excluding carboxylic acids is 1. The third-order valence-corrected chi connectivity index (χ3v) is 2.09. The average Bonchev–Trinajstić information content (AvgIpc) is 2.61. The number of hydrogen-bond donors (Lipinski definition) is 2. The van der Waals surface area contributed by atoms with Crippen LogP contribution in [0.2, 0.25) is 0 Å². The molecule has 0 aliphatic rings. The molecule has 0 spiro atoms. The highest BCUT2D eigenvalue weighted by Gasteiger charge is 2.05. The molecule has 82 valence electrons. The summed E-state index contributed by atoms with van der Waals surface area (Å²) in [7, 11) is 0. The first-order chi connectivity index (χ1) is 7.66. The van der Waals surface area contributed by atoms with Crippen LogP contribution in [0.1, 0.15) is 11.7 Å². The van der Waals surface area contributed by atoms with E-state index in [9.17, 15) is 9.59 Å². The second kappa shape index (κ2) is 4.06. The number of nitrogens with one attached hydrogen (secondary N) is 2. The molecule has 1 heterocycles. The quantitative estimate of drug-likeness (QED) is 0.802. The van der Waals surface area contributed by atoms with Crippen LogP contribution in [0.25, 0.3) is 0 Å². The van der Waals surface area contributed by atoms with Gasteiger partial charge < -0.3 is 5.32 Å². The first-order valence-electron chi connectivity index (χ1n) is 4.82. The van der Waals surface area contributed by atoms with Gasteiger partial charge in [0, 0.05) is 18.7 Å². The highest BCUT2D eigenvalue weighted by Crippen LogP contribution is 2.11. The van der Waals surface area contributed by atoms with Crippen molar-refractivity contribution in [2.75, 3.05) is 5.32 Å². The fourth-order valence-electron chi connectivity index (χ4n) is 1.37. The third-order valence-electron chi connectivity index (χ3n) is 2.09. The van der Waals surface area contributed by atoms with E-state index in [0.29, 0.717) is 5.82 Å². The molecular formula is C11H11N3O2. The predicted molar refractivity (Wildman–Crippen MR) is 61.1 cm³/mol. The average molecular weight is 217 g/mol. The predicted octanol–water partition coefficient (Wildman–Crippen LogP) is 1.58. The standard InChI is InChI=1S/C11H11N3O2/c1-8(15)14-11(16)7-10(13-14)12-9-5-3-2-4-6-9/h2-7,12-13H,1H3. The molecule has 5 nitrogen and oxygen atoms in total. The molecule has 0 radical (unpaired) electrons. The van der Waals surface area contributed by atoms with E-state index < -0.39 is 0 Å². The van der Waals surface area contributed by atoms with E-state index in [4.69, 9.17) is 0 Å². The van der Waals surface area contributed by atoms with Crippen molar-refractivity contribution in [3.8, 4) is 0 Å². The summed E-state index contributed by atoms with van der Waals surface area (Å²) >= 11 is 0. The van der Waals surface area contributed by atoms with Gasteiger partial charge in [0.05, 0.1) is 0 Å². The number of para-hydroxylation sites is 1. The minimum absolute atomic E-state index is 0.342. The van der Waals surface area contributed by atoms with E-state index in [2.05, 4.69) is 10.4 Å². The van der Waals surface area contributed by atoms with Crippen molar-refractivity contribution in [3.63, 3.8) is 0 Å². The maximum atomic E-state index is 11.3. The number of rotatable bonds is 2. The Bertz CT molecular complexity index is 554. The van der Waals surface area contributed by atoms with Crippen LogP contribution in [0, 0.1) is 0 Å². The van der Waals surface area contributed by atoms with Gasteiger partial charge in [0.2, 0.25) is 5.91 Å². The lowest BCUT2D eigenvalue weighted by Gasteiger charge is -2.02. The first-order valence-corrected chi connectivity index (χ1v) is 4.82. The Labute approximate surface area is 91.7 Å². The van der Waals surface area contributed by atoms with Crippen molar-refractivity contribution in [3.05, 3.63) is 46.8 Å². The highest BCUT2D eigenvalue weighted by atomic mass is 16.2. The van der Waals surface area contributed by atoms with E-state index in [0.717, 1.165) is 10.4 Å². The molecule has 0 saturated carbocycles. The lowest BCUT2D eigenvalue weighted by atomic mass is 10.3. The van der Waals surface area contributed by atoms with Crippen molar-refractivity contribution in [1.82, 2.24) is 9.78 Å². The lowest BCUT2D eigenvalue weighted by molar-refractivity contribution is 0.0917. The van der Waals surface area contributed by atoms with Gasteiger partial charge >= 0.3 is 0 Å². The van der Waals surface area contributed by atoms with Crippen LogP contribution in [-0.2, 0) is 0 Å². The lowest BCUT2D eigenvalue weighted by Crippen LogP contribution is -2.21. The Kier molecular flexibility index (Phi) is 2.59. The number of hydrogen-bond acceptors (Lipinski definition) is 3. The maximum absolute atomic E-state index is 11.3. The van der Waals surface area contributed by atoms with Crippen LogP contribution in [-0.4, -0.2) is 15.7 Å². The minimum Gasteiger partial charge on any atom is -0.341 e. The molecule has 0 amide bonds. The summed E-state index contributed by atoms with van der Waals surface area (Å²) in [6.07, 6.45) is 0. The van der Waals surface area contributed by atoms with E-state index in [-0.39, 0.29) is 11.5 Å². The molecule has 0 bridgehead atoms. The Balaban J connectivity index is 2.27. The summed E-state index contributed by atoms with van der Waals surface area (Å²) in [5, 5.41) is 5.66. The molecule has 2 aromatic rings. The van der Waals surface area contributed by atoms with Crippen molar-refractivity contribution in [1.29, 1.82) is 0 Å². The zero-order valence-electron chi connectivity index (χ0n) is 8.73. The number of nitrogens with zero attached hydrogens (tertiary/aromatic N) is 1. The number of anilines is 2. The molecule has 0 aliphatic carbocycles. The van der Waals surface area contributed by atoms with E-state index in [1.54, 1.807) is 0 Å². The molecule has 16 heavy (non-hydrogen) atoms. The first kappa shape index (κ1) is 10.2. The van der Waals surface area contributed by atoms with Crippen LogP contribution in [0.4, 0.5) is 11.5 Å². The van der Waals surface area contributed by atoms with Gasteiger partial charge in [0.15, 0.2) is 0 Å². The van der Waals surface area contributed by atoms with E-state index in [1.165, 1.54) is 13.0 Å². The minimum atomic E-state index is -0.370. The highest BCUT2D eigenvalue weighted by molar-refractivity contribution is 5.75. The van der Waals surface area contributed by atoms with Gasteiger partial charge in [-0.25, -0.2) is 0 Å². The van der Waals surface area contributed by atoms with Crippen LogP contribution in [0.5, 0.6) is 0 Å². The number of aromatic amines is 1. The van der Waals surface area contributed by atoms with Gasteiger partial charge in [-0.15, -0.1) is 0 Å². The fourth-order valence-corrected chi connectivity index (χ4v) is 1.37. The Morgan fingerprint density at radius 3 is 2.56 bits per heavy atom. The van der Waals surface area contributed by atoms with Gasteiger partial charge in [-0.2, -0.15) is 4.68 Å². The normalized spacial score (nSPS) is 10.1. The summed E-state index contributed by atoms with van der Waals surface area (Å²) in [6, 6.07) is 10.7. The van der Waals surface area contributed by atoms with Crippen LogP contribution >= 0.6 is 0 Å². The van der Waals surface area contributed by atoms with Gasteiger partial charge in [-0.1, -0.05) is 18.2 Å². The van der Waals surface area contributed by atoms with Crippen molar-refractivity contribution in [2.24, 2.45) is 0 Å². The summed E-state index contributed by atoms with van der Waals surface area (Å²) in [6.45, 7) is 1.32. The molecule has 0 saturated heterocycles. The Morgan fingerprint density at radius 1 is 1.31 bits per heavy atom. The maximum Gasteiger partial charge on any atom is 0.275 e. The zero-order valence-corrected chi connectivity index (χ0v) is 8.73. The van der Waals surface area contributed by atoms with E-state index in [1.807, 2.05) is 30.3 Å². The van der Waals surface area contributed by atoms with Crippen LogP contribution < -0.4 is 10.9 Å². The smallest absolute Gasteiger partial charge is 0.275 e. The summed E-state index contributed by atoms with van der Waals surface area (Å²) in [5.41, 5.74) is 0.477. The molecular weight excluding hydrogens is 206 g/mol. The van der Waals surface area contributed by atoms with Gasteiger partial charge in [0.25, 0.3) is 5.56 Å². The van der Waals surface area contributed by atoms with Gasteiger partial charge in [-0.05, 0) is 12.1 Å². The van der Waals surface area contributed by atoms with Crippen LogP contribution in [0.3, 0.4) is 0 Å². The molecule has 0 atom stereocenters. The molecule has 1 aromatic heterocycles. The topological polar surface area (TPSA) is 66.9 Å². The SMILES string of the molecule is CC(=O)n1[nH]c(Nc2ccccc2)cc1=O. The molecule has 2 rings (SSSR count). The molecule has 0 unspecified atom stereocenters. The number of H-pyrrole nitrogens is 1. The monoisotopic (exact) mass is 217 g/mol. The largest absolute Gasteiger partial charge is 0.341 e. The second-order valence-electron chi connectivity index (χ2n) is 3.35. The molecule has 2 N–H and O–H groups in total. The molecule has 0 fully saturated rings.